The number of carbonyl (C=O) groups excluding carboxylic acids is 2. The normalized spacial score (nSPS) is 18.4. The highest BCUT2D eigenvalue weighted by atomic mass is 79.9. The van der Waals surface area contributed by atoms with Crippen LogP contribution in [-0.4, -0.2) is 36.5 Å². The number of nitrogens with zero attached hydrogens (tertiary/aromatic N) is 1. The molecule has 1 aromatic rings. The Balaban J connectivity index is 2.10. The number of carbonyl (C=O) groups is 2. The molecule has 0 aromatic heterocycles. The van der Waals surface area contributed by atoms with Crippen molar-refractivity contribution in [2.75, 3.05) is 19.7 Å². The summed E-state index contributed by atoms with van der Waals surface area (Å²) in [5.74, 6) is -0.536. The van der Waals surface area contributed by atoms with Gasteiger partial charge in [-0.1, -0.05) is 11.6 Å². The molecule has 1 aromatic carbocycles. The van der Waals surface area contributed by atoms with Crippen LogP contribution in [0.4, 0.5) is 0 Å². The van der Waals surface area contributed by atoms with Gasteiger partial charge in [-0.15, -0.1) is 0 Å². The monoisotopic (exact) mass is 373 g/mol. The van der Waals surface area contributed by atoms with Crippen molar-refractivity contribution >= 4 is 39.4 Å². The zero-order valence-corrected chi connectivity index (χ0v) is 14.1. The van der Waals surface area contributed by atoms with Gasteiger partial charge in [-0.25, -0.2) is 0 Å². The molecule has 2 rings (SSSR count). The van der Waals surface area contributed by atoms with E-state index in [0.717, 1.165) is 12.8 Å². The minimum Gasteiger partial charge on any atom is -0.466 e. The molecule has 1 atom stereocenters. The first kappa shape index (κ1) is 16.3. The summed E-state index contributed by atoms with van der Waals surface area (Å²) in [4.78, 5) is 26.1. The van der Waals surface area contributed by atoms with Crippen LogP contribution in [0.2, 0.25) is 5.02 Å². The molecule has 0 bridgehead atoms. The van der Waals surface area contributed by atoms with Crippen molar-refractivity contribution in [1.29, 1.82) is 0 Å². The highest BCUT2D eigenvalue weighted by Crippen LogP contribution is 2.25. The molecule has 1 fully saturated rings. The first-order chi connectivity index (χ1) is 10.0. The lowest BCUT2D eigenvalue weighted by atomic mass is 9.97. The number of halogens is 2. The lowest BCUT2D eigenvalue weighted by Gasteiger charge is -2.31. The molecule has 1 aliphatic heterocycles. The van der Waals surface area contributed by atoms with Gasteiger partial charge in [0.25, 0.3) is 5.91 Å². The molecule has 0 spiro atoms. The highest BCUT2D eigenvalue weighted by molar-refractivity contribution is 9.10. The predicted octanol–water partition coefficient (Wildman–Crippen LogP) is 3.52. The molecule has 0 radical (unpaired) electrons. The van der Waals surface area contributed by atoms with E-state index in [9.17, 15) is 9.59 Å². The molecule has 1 saturated heterocycles. The third-order valence-corrected chi connectivity index (χ3v) is 4.38. The summed E-state index contributed by atoms with van der Waals surface area (Å²) < 4.78 is 5.72. The Hall–Kier alpha value is -1.07. The topological polar surface area (TPSA) is 46.6 Å². The Bertz CT molecular complexity index is 550. The quantitative estimate of drug-likeness (QED) is 0.761. The van der Waals surface area contributed by atoms with Crippen LogP contribution in [0.5, 0.6) is 0 Å². The molecule has 0 saturated carbocycles. The zero-order valence-electron chi connectivity index (χ0n) is 11.8. The van der Waals surface area contributed by atoms with Crippen molar-refractivity contribution in [1.82, 2.24) is 4.90 Å². The van der Waals surface area contributed by atoms with Gasteiger partial charge in [-0.2, -0.15) is 0 Å². The van der Waals surface area contributed by atoms with E-state index in [1.807, 2.05) is 0 Å². The number of likely N-dealkylation sites (tertiary alicyclic amines) is 1. The van der Waals surface area contributed by atoms with E-state index in [1.54, 1.807) is 30.0 Å². The predicted molar refractivity (Wildman–Crippen MR) is 84.4 cm³/mol. The number of hydrogen-bond donors (Lipinski definition) is 0. The van der Waals surface area contributed by atoms with Crippen LogP contribution in [0, 0.1) is 5.92 Å². The molecule has 1 amide bonds. The summed E-state index contributed by atoms with van der Waals surface area (Å²) in [7, 11) is 0. The Morgan fingerprint density at radius 3 is 2.90 bits per heavy atom. The third-order valence-electron chi connectivity index (χ3n) is 3.49. The van der Waals surface area contributed by atoms with E-state index in [1.165, 1.54) is 0 Å². The SMILES string of the molecule is CCOC(=O)[C@H]1CCCN(C(=O)c2ccc(Cl)cc2Br)C1. The summed E-state index contributed by atoms with van der Waals surface area (Å²) in [6.07, 6.45) is 1.57. The molecule has 6 heteroatoms. The van der Waals surface area contributed by atoms with Crippen LogP contribution in [0.25, 0.3) is 0 Å². The molecule has 21 heavy (non-hydrogen) atoms. The van der Waals surface area contributed by atoms with Gasteiger partial charge in [0.2, 0.25) is 0 Å². The van der Waals surface area contributed by atoms with E-state index in [-0.39, 0.29) is 17.8 Å². The second-order valence-corrected chi connectivity index (χ2v) is 6.26. The lowest BCUT2D eigenvalue weighted by molar-refractivity contribution is -0.149. The fourth-order valence-electron chi connectivity index (χ4n) is 2.45. The number of rotatable bonds is 3. The van der Waals surface area contributed by atoms with Crippen LogP contribution in [-0.2, 0) is 9.53 Å². The van der Waals surface area contributed by atoms with Crippen LogP contribution >= 0.6 is 27.5 Å². The second kappa shape index (κ2) is 7.27. The van der Waals surface area contributed by atoms with Crippen molar-refractivity contribution in [2.45, 2.75) is 19.8 Å². The van der Waals surface area contributed by atoms with Gasteiger partial charge in [0.15, 0.2) is 0 Å². The van der Waals surface area contributed by atoms with Crippen LogP contribution in [0.3, 0.4) is 0 Å². The molecule has 0 N–H and O–H groups in total. The van der Waals surface area contributed by atoms with Crippen LogP contribution in [0.15, 0.2) is 22.7 Å². The van der Waals surface area contributed by atoms with Crippen molar-refractivity contribution in [3.05, 3.63) is 33.3 Å². The fourth-order valence-corrected chi connectivity index (χ4v) is 3.30. The van der Waals surface area contributed by atoms with Crippen molar-refractivity contribution in [3.63, 3.8) is 0 Å². The highest BCUT2D eigenvalue weighted by Gasteiger charge is 2.30. The average molecular weight is 375 g/mol. The van der Waals surface area contributed by atoms with Gasteiger partial charge in [-0.05, 0) is 53.9 Å². The number of esters is 1. The second-order valence-electron chi connectivity index (χ2n) is 4.97. The summed E-state index contributed by atoms with van der Waals surface area (Å²) in [6.45, 7) is 3.22. The molecular formula is C15H17BrClNO3. The first-order valence-electron chi connectivity index (χ1n) is 6.94. The zero-order chi connectivity index (χ0) is 15.4. The van der Waals surface area contributed by atoms with Gasteiger partial charge in [0.05, 0.1) is 18.1 Å². The number of amides is 1. The molecule has 0 aliphatic carbocycles. The van der Waals surface area contributed by atoms with Gasteiger partial charge >= 0.3 is 5.97 Å². The van der Waals surface area contributed by atoms with Gasteiger partial charge in [0, 0.05) is 22.6 Å². The van der Waals surface area contributed by atoms with Crippen LogP contribution < -0.4 is 0 Å². The average Bonchev–Trinajstić information content (AvgIpc) is 2.47. The summed E-state index contributed by atoms with van der Waals surface area (Å²) >= 11 is 9.25. The Morgan fingerprint density at radius 1 is 1.48 bits per heavy atom. The van der Waals surface area contributed by atoms with Crippen molar-refractivity contribution < 1.29 is 14.3 Å². The Morgan fingerprint density at radius 2 is 2.24 bits per heavy atom. The maximum Gasteiger partial charge on any atom is 0.310 e. The Labute approximate surface area is 137 Å². The van der Waals surface area contributed by atoms with Crippen LogP contribution in [0.1, 0.15) is 30.1 Å². The molecule has 1 aliphatic rings. The van der Waals surface area contributed by atoms with E-state index in [2.05, 4.69) is 15.9 Å². The molecule has 114 valence electrons. The van der Waals surface area contributed by atoms with E-state index in [0.29, 0.717) is 34.8 Å². The number of benzene rings is 1. The van der Waals surface area contributed by atoms with Crippen molar-refractivity contribution in [2.24, 2.45) is 5.92 Å². The maximum absolute atomic E-state index is 12.6. The third kappa shape index (κ3) is 3.98. The summed E-state index contributed by atoms with van der Waals surface area (Å²) in [5, 5.41) is 0.571. The minimum atomic E-state index is -0.228. The fraction of sp³-hybridized carbons (Fsp3) is 0.467. The van der Waals surface area contributed by atoms with E-state index >= 15 is 0 Å². The largest absolute Gasteiger partial charge is 0.466 e. The first-order valence-corrected chi connectivity index (χ1v) is 8.11. The lowest BCUT2D eigenvalue weighted by Crippen LogP contribution is -2.42. The minimum absolute atomic E-state index is 0.0902. The number of piperidine rings is 1. The molecule has 1 heterocycles. The van der Waals surface area contributed by atoms with Crippen molar-refractivity contribution in [3.8, 4) is 0 Å². The number of ether oxygens (including phenoxy) is 1. The molecule has 0 unspecified atom stereocenters. The smallest absolute Gasteiger partial charge is 0.310 e. The number of hydrogen-bond acceptors (Lipinski definition) is 3. The van der Waals surface area contributed by atoms with Gasteiger partial charge < -0.3 is 9.64 Å². The maximum atomic E-state index is 12.6. The summed E-state index contributed by atoms with van der Waals surface area (Å²) in [6, 6.07) is 5.08. The molecular weight excluding hydrogens is 358 g/mol. The molecule has 4 nitrogen and oxygen atoms in total. The Kier molecular flexibility index (Phi) is 5.65. The van der Waals surface area contributed by atoms with E-state index < -0.39 is 0 Å². The summed E-state index contributed by atoms with van der Waals surface area (Å²) in [5.41, 5.74) is 0.559. The van der Waals surface area contributed by atoms with Gasteiger partial charge in [-0.3, -0.25) is 9.59 Å². The van der Waals surface area contributed by atoms with E-state index in [4.69, 9.17) is 16.3 Å². The standard InChI is InChI=1S/C15H17BrClNO3/c1-2-21-15(20)10-4-3-7-18(9-10)14(19)12-6-5-11(17)8-13(12)16/h5-6,8,10H,2-4,7,9H2,1H3/t10-/m0/s1. The van der Waals surface area contributed by atoms with Gasteiger partial charge in [0.1, 0.15) is 0 Å².